The van der Waals surface area contributed by atoms with Crippen LogP contribution < -0.4 is 0 Å². The number of rotatable bonds is 1. The van der Waals surface area contributed by atoms with E-state index in [0.29, 0.717) is 16.3 Å². The van der Waals surface area contributed by atoms with Crippen molar-refractivity contribution in [1.82, 2.24) is 9.97 Å². The van der Waals surface area contributed by atoms with Gasteiger partial charge < -0.3 is 0 Å². The average Bonchev–Trinajstić information content (AvgIpc) is 2.16. The molecule has 0 amide bonds. The molecular weight excluding hydrogens is 215 g/mol. The molecule has 0 aliphatic carbocycles. The summed E-state index contributed by atoms with van der Waals surface area (Å²) in [6.45, 7) is 1.82. The summed E-state index contributed by atoms with van der Waals surface area (Å²) >= 11 is 5.89. The van der Waals surface area contributed by atoms with Gasteiger partial charge in [0, 0.05) is 11.8 Å². The first-order chi connectivity index (χ1) is 7.16. The van der Waals surface area contributed by atoms with E-state index in [-0.39, 0.29) is 5.82 Å². The van der Waals surface area contributed by atoms with Crippen molar-refractivity contribution in [2.45, 2.75) is 6.92 Å². The minimum atomic E-state index is -0.287. The molecule has 0 radical (unpaired) electrons. The zero-order valence-corrected chi connectivity index (χ0v) is 8.79. The van der Waals surface area contributed by atoms with Crippen molar-refractivity contribution >= 4 is 11.6 Å². The Labute approximate surface area is 91.8 Å². The summed E-state index contributed by atoms with van der Waals surface area (Å²) in [5.74, 6) is -0.287. The lowest BCUT2D eigenvalue weighted by atomic mass is 10.1. The van der Waals surface area contributed by atoms with Crippen molar-refractivity contribution in [3.63, 3.8) is 0 Å². The van der Waals surface area contributed by atoms with E-state index in [1.165, 1.54) is 18.5 Å². The standard InChI is InChI=1S/C11H8ClFN2/c1-7-2-8(4-9(13)3-7)10-5-14-6-15-11(10)12/h2-6H,1H3. The molecule has 76 valence electrons. The first-order valence-electron chi connectivity index (χ1n) is 4.40. The predicted octanol–water partition coefficient (Wildman–Crippen LogP) is 3.24. The van der Waals surface area contributed by atoms with Gasteiger partial charge in [-0.2, -0.15) is 0 Å². The largest absolute Gasteiger partial charge is 0.244 e. The fourth-order valence-electron chi connectivity index (χ4n) is 1.40. The molecule has 0 aliphatic rings. The van der Waals surface area contributed by atoms with Crippen molar-refractivity contribution < 1.29 is 4.39 Å². The number of benzene rings is 1. The maximum Gasteiger partial charge on any atom is 0.140 e. The Bertz CT molecular complexity index is 479. The molecule has 2 aromatic rings. The van der Waals surface area contributed by atoms with Crippen LogP contribution in [0.5, 0.6) is 0 Å². The molecule has 0 spiro atoms. The van der Waals surface area contributed by atoms with Crippen LogP contribution in [0.4, 0.5) is 4.39 Å². The summed E-state index contributed by atoms with van der Waals surface area (Å²) in [4.78, 5) is 7.71. The van der Waals surface area contributed by atoms with E-state index in [4.69, 9.17) is 11.6 Å². The van der Waals surface area contributed by atoms with Gasteiger partial charge in [0.1, 0.15) is 17.3 Å². The molecule has 2 nitrogen and oxygen atoms in total. The second kappa shape index (κ2) is 3.95. The minimum Gasteiger partial charge on any atom is -0.244 e. The second-order valence-corrected chi connectivity index (χ2v) is 3.60. The van der Waals surface area contributed by atoms with Crippen LogP contribution in [0.1, 0.15) is 5.56 Å². The first kappa shape index (κ1) is 10.1. The summed E-state index contributed by atoms with van der Waals surface area (Å²) in [7, 11) is 0. The van der Waals surface area contributed by atoms with Crippen LogP contribution in [0.25, 0.3) is 11.1 Å². The van der Waals surface area contributed by atoms with Gasteiger partial charge in [0.2, 0.25) is 0 Å². The van der Waals surface area contributed by atoms with E-state index < -0.39 is 0 Å². The smallest absolute Gasteiger partial charge is 0.140 e. The molecule has 0 fully saturated rings. The Balaban J connectivity index is 2.59. The molecule has 0 saturated carbocycles. The van der Waals surface area contributed by atoms with E-state index in [1.54, 1.807) is 6.20 Å². The molecule has 2 rings (SSSR count). The van der Waals surface area contributed by atoms with Crippen LogP contribution in [0.15, 0.2) is 30.7 Å². The number of nitrogens with zero attached hydrogens (tertiary/aromatic N) is 2. The third kappa shape index (κ3) is 2.13. The van der Waals surface area contributed by atoms with Crippen molar-refractivity contribution in [2.75, 3.05) is 0 Å². The summed E-state index contributed by atoms with van der Waals surface area (Å²) in [6, 6.07) is 4.71. The SMILES string of the molecule is Cc1cc(F)cc(-c2cncnc2Cl)c1. The van der Waals surface area contributed by atoms with Crippen molar-refractivity contribution in [3.05, 3.63) is 47.3 Å². The Morgan fingerprint density at radius 3 is 2.73 bits per heavy atom. The van der Waals surface area contributed by atoms with Gasteiger partial charge >= 0.3 is 0 Å². The molecule has 1 heterocycles. The van der Waals surface area contributed by atoms with Crippen LogP contribution in [0.3, 0.4) is 0 Å². The minimum absolute atomic E-state index is 0.287. The topological polar surface area (TPSA) is 25.8 Å². The number of aromatic nitrogens is 2. The normalized spacial score (nSPS) is 10.3. The molecular formula is C11H8ClFN2. The highest BCUT2D eigenvalue weighted by Gasteiger charge is 2.06. The van der Waals surface area contributed by atoms with Gasteiger partial charge in [-0.1, -0.05) is 17.7 Å². The van der Waals surface area contributed by atoms with Crippen LogP contribution in [0.2, 0.25) is 5.15 Å². The van der Waals surface area contributed by atoms with E-state index in [2.05, 4.69) is 9.97 Å². The van der Waals surface area contributed by atoms with Crippen LogP contribution in [-0.2, 0) is 0 Å². The lowest BCUT2D eigenvalue weighted by molar-refractivity contribution is 0.627. The molecule has 0 bridgehead atoms. The fourth-order valence-corrected chi connectivity index (χ4v) is 1.60. The lowest BCUT2D eigenvalue weighted by Crippen LogP contribution is -1.87. The summed E-state index contributed by atoms with van der Waals surface area (Å²) < 4.78 is 13.2. The van der Waals surface area contributed by atoms with Crippen molar-refractivity contribution in [1.29, 1.82) is 0 Å². The summed E-state index contributed by atoms with van der Waals surface area (Å²) in [5, 5.41) is 0.329. The number of aryl methyl sites for hydroxylation is 1. The molecule has 15 heavy (non-hydrogen) atoms. The highest BCUT2D eigenvalue weighted by Crippen LogP contribution is 2.26. The number of hydrogen-bond acceptors (Lipinski definition) is 2. The highest BCUT2D eigenvalue weighted by atomic mass is 35.5. The van der Waals surface area contributed by atoms with Gasteiger partial charge in [0.15, 0.2) is 0 Å². The predicted molar refractivity (Wildman–Crippen MR) is 57.2 cm³/mol. The molecule has 0 atom stereocenters. The zero-order valence-electron chi connectivity index (χ0n) is 8.04. The molecule has 0 saturated heterocycles. The van der Waals surface area contributed by atoms with Crippen molar-refractivity contribution in [3.8, 4) is 11.1 Å². The molecule has 0 N–H and O–H groups in total. The van der Waals surface area contributed by atoms with E-state index in [0.717, 1.165) is 5.56 Å². The molecule has 1 aromatic heterocycles. The number of hydrogen-bond donors (Lipinski definition) is 0. The first-order valence-corrected chi connectivity index (χ1v) is 4.77. The maximum absolute atomic E-state index is 13.2. The van der Waals surface area contributed by atoms with Gasteiger partial charge in [-0.15, -0.1) is 0 Å². The van der Waals surface area contributed by atoms with Gasteiger partial charge in [-0.05, 0) is 30.2 Å². The summed E-state index contributed by atoms with van der Waals surface area (Å²) in [6.07, 6.45) is 2.93. The Morgan fingerprint density at radius 1 is 1.27 bits per heavy atom. The number of halogens is 2. The molecule has 0 unspecified atom stereocenters. The molecule has 4 heteroatoms. The Morgan fingerprint density at radius 2 is 2.07 bits per heavy atom. The van der Waals surface area contributed by atoms with Gasteiger partial charge in [-0.25, -0.2) is 14.4 Å². The molecule has 0 aliphatic heterocycles. The quantitative estimate of drug-likeness (QED) is 0.693. The van der Waals surface area contributed by atoms with Crippen LogP contribution in [-0.4, -0.2) is 9.97 Å². The fraction of sp³-hybridized carbons (Fsp3) is 0.0909. The van der Waals surface area contributed by atoms with Crippen LogP contribution in [0, 0.1) is 12.7 Å². The van der Waals surface area contributed by atoms with Crippen molar-refractivity contribution in [2.24, 2.45) is 0 Å². The summed E-state index contributed by atoms with van der Waals surface area (Å²) in [5.41, 5.74) is 2.17. The van der Waals surface area contributed by atoms with Gasteiger partial charge in [0.05, 0.1) is 0 Å². The molecule has 1 aromatic carbocycles. The van der Waals surface area contributed by atoms with Gasteiger partial charge in [0.25, 0.3) is 0 Å². The second-order valence-electron chi connectivity index (χ2n) is 3.24. The van der Waals surface area contributed by atoms with Crippen LogP contribution >= 0.6 is 11.6 Å². The Kier molecular flexibility index (Phi) is 2.64. The van der Waals surface area contributed by atoms with E-state index >= 15 is 0 Å². The monoisotopic (exact) mass is 222 g/mol. The third-order valence-electron chi connectivity index (χ3n) is 2.02. The van der Waals surface area contributed by atoms with E-state index in [1.807, 2.05) is 13.0 Å². The Hall–Kier alpha value is -1.48. The van der Waals surface area contributed by atoms with Gasteiger partial charge in [-0.3, -0.25) is 0 Å². The van der Waals surface area contributed by atoms with E-state index in [9.17, 15) is 4.39 Å². The highest BCUT2D eigenvalue weighted by molar-refractivity contribution is 6.32. The third-order valence-corrected chi connectivity index (χ3v) is 2.32. The maximum atomic E-state index is 13.2. The zero-order chi connectivity index (χ0) is 10.8. The lowest BCUT2D eigenvalue weighted by Gasteiger charge is -2.04. The average molecular weight is 223 g/mol.